The smallest absolute Gasteiger partial charge is 0.324 e. The van der Waals surface area contributed by atoms with Crippen LogP contribution in [0, 0.1) is 0 Å². The van der Waals surface area contributed by atoms with Crippen LogP contribution in [-0.2, 0) is 9.53 Å². The highest BCUT2D eigenvalue weighted by Crippen LogP contribution is 2.30. The fourth-order valence-electron chi connectivity index (χ4n) is 4.57. The number of likely N-dealkylation sites (tertiary alicyclic amines) is 1. The van der Waals surface area contributed by atoms with Crippen molar-refractivity contribution >= 4 is 46.3 Å². The molecular weight excluding hydrogens is 490 g/mol. The first-order valence-electron chi connectivity index (χ1n) is 12.4. The van der Waals surface area contributed by atoms with Crippen LogP contribution in [0.3, 0.4) is 0 Å². The highest BCUT2D eigenvalue weighted by atomic mass is 32.2. The first-order valence-corrected chi connectivity index (χ1v) is 14.2. The van der Waals surface area contributed by atoms with E-state index in [1.54, 1.807) is 6.20 Å². The Bertz CT molecular complexity index is 840. The van der Waals surface area contributed by atoms with E-state index in [0.29, 0.717) is 50.3 Å². The van der Waals surface area contributed by atoms with Crippen molar-refractivity contribution < 1.29 is 24.2 Å². The lowest BCUT2D eigenvalue weighted by atomic mass is 9.98. The maximum absolute atomic E-state index is 13.5. The average Bonchev–Trinajstić information content (AvgIpc) is 3.30. The number of morpholine rings is 1. The van der Waals surface area contributed by atoms with Gasteiger partial charge in [0.2, 0.25) is 0 Å². The van der Waals surface area contributed by atoms with E-state index in [-0.39, 0.29) is 30.6 Å². The van der Waals surface area contributed by atoms with Crippen LogP contribution in [-0.4, -0.2) is 100 Å². The molecule has 2 aliphatic heterocycles. The third-order valence-electron chi connectivity index (χ3n) is 6.39. The SMILES string of the molecule is CCC[C@H](CC)N(C(=O)Nc1ncc(SCCC(=O)O)s1)C1CCN(C(=O)N2CCOCC2)CC1. The zero-order chi connectivity index (χ0) is 25.2. The summed E-state index contributed by atoms with van der Waals surface area (Å²) in [4.78, 5) is 47.1. The number of carboxylic acids is 1. The van der Waals surface area contributed by atoms with Gasteiger partial charge in [-0.1, -0.05) is 31.6 Å². The molecule has 3 rings (SSSR count). The standard InChI is InChI=1S/C23H37N5O5S2/c1-3-5-17(4-2)28(22(31)25-21-24-16-20(35-21)34-15-8-19(29)30)18-6-9-26(10-7-18)23(32)27-11-13-33-14-12-27/h16-18H,3-15H2,1-2H3,(H,29,30)(H,24,25,31)/t17-/m0/s1. The molecule has 10 nitrogen and oxygen atoms in total. The van der Waals surface area contributed by atoms with Gasteiger partial charge in [-0.25, -0.2) is 14.6 Å². The van der Waals surface area contributed by atoms with Crippen LogP contribution in [0.1, 0.15) is 52.4 Å². The fraction of sp³-hybridized carbons (Fsp3) is 0.739. The largest absolute Gasteiger partial charge is 0.481 e. The summed E-state index contributed by atoms with van der Waals surface area (Å²) in [7, 11) is 0. The number of ether oxygens (including phenoxy) is 1. The van der Waals surface area contributed by atoms with Crippen molar-refractivity contribution in [2.75, 3.05) is 50.5 Å². The van der Waals surface area contributed by atoms with Crippen LogP contribution in [0.5, 0.6) is 0 Å². The van der Waals surface area contributed by atoms with E-state index in [0.717, 1.165) is 36.3 Å². The number of nitrogens with zero attached hydrogens (tertiary/aromatic N) is 4. The van der Waals surface area contributed by atoms with Crippen molar-refractivity contribution in [1.82, 2.24) is 19.7 Å². The second kappa shape index (κ2) is 13.9. The quantitative estimate of drug-likeness (QED) is 0.441. The number of anilines is 1. The maximum atomic E-state index is 13.5. The second-order valence-electron chi connectivity index (χ2n) is 8.77. The fourth-order valence-corrected chi connectivity index (χ4v) is 6.44. The normalized spacial score (nSPS) is 17.8. The lowest BCUT2D eigenvalue weighted by molar-refractivity contribution is -0.136. The third kappa shape index (κ3) is 7.97. The zero-order valence-electron chi connectivity index (χ0n) is 20.6. The lowest BCUT2D eigenvalue weighted by Crippen LogP contribution is -2.56. The minimum absolute atomic E-state index is 0.0598. The molecular formula is C23H37N5O5S2. The minimum atomic E-state index is -0.828. The molecule has 2 aliphatic rings. The first-order chi connectivity index (χ1) is 16.9. The Kier molecular flexibility index (Phi) is 10.9. The molecule has 0 saturated carbocycles. The van der Waals surface area contributed by atoms with Gasteiger partial charge < -0.3 is 24.5 Å². The monoisotopic (exact) mass is 527 g/mol. The molecule has 2 saturated heterocycles. The minimum Gasteiger partial charge on any atom is -0.481 e. The molecule has 0 aromatic carbocycles. The number of thiazole rings is 1. The van der Waals surface area contributed by atoms with Crippen LogP contribution < -0.4 is 5.32 Å². The summed E-state index contributed by atoms with van der Waals surface area (Å²) in [6.45, 7) is 7.94. The Morgan fingerprint density at radius 3 is 2.54 bits per heavy atom. The highest BCUT2D eigenvalue weighted by molar-refractivity contribution is 8.01. The molecule has 35 heavy (non-hydrogen) atoms. The van der Waals surface area contributed by atoms with Gasteiger partial charge in [-0.15, -0.1) is 11.8 Å². The van der Waals surface area contributed by atoms with Gasteiger partial charge in [0.25, 0.3) is 0 Å². The molecule has 12 heteroatoms. The van der Waals surface area contributed by atoms with Crippen molar-refractivity contribution in [2.24, 2.45) is 0 Å². The Morgan fingerprint density at radius 1 is 1.23 bits per heavy atom. The number of hydrogen-bond donors (Lipinski definition) is 2. The van der Waals surface area contributed by atoms with E-state index in [1.165, 1.54) is 23.1 Å². The number of amides is 4. The van der Waals surface area contributed by atoms with Crippen LogP contribution in [0.2, 0.25) is 0 Å². The highest BCUT2D eigenvalue weighted by Gasteiger charge is 2.35. The van der Waals surface area contributed by atoms with Crippen LogP contribution in [0.15, 0.2) is 10.4 Å². The summed E-state index contributed by atoms with van der Waals surface area (Å²) in [6, 6.07) is 0.0965. The summed E-state index contributed by atoms with van der Waals surface area (Å²) >= 11 is 2.79. The number of nitrogens with one attached hydrogen (secondary N) is 1. The van der Waals surface area contributed by atoms with E-state index in [2.05, 4.69) is 24.1 Å². The number of urea groups is 2. The molecule has 0 aliphatic carbocycles. The van der Waals surface area contributed by atoms with Crippen molar-refractivity contribution in [2.45, 2.75) is 68.7 Å². The van der Waals surface area contributed by atoms with Crippen LogP contribution >= 0.6 is 23.1 Å². The Balaban J connectivity index is 1.61. The molecule has 0 radical (unpaired) electrons. The Morgan fingerprint density at radius 2 is 1.91 bits per heavy atom. The molecule has 4 amide bonds. The molecule has 2 fully saturated rings. The Labute approximate surface area is 215 Å². The summed E-state index contributed by atoms with van der Waals surface area (Å²) in [5.41, 5.74) is 0. The summed E-state index contributed by atoms with van der Waals surface area (Å²) in [5, 5.41) is 12.3. The van der Waals surface area contributed by atoms with Crippen molar-refractivity contribution in [3.05, 3.63) is 6.20 Å². The van der Waals surface area contributed by atoms with Gasteiger partial charge >= 0.3 is 18.0 Å². The lowest BCUT2D eigenvalue weighted by Gasteiger charge is -2.43. The van der Waals surface area contributed by atoms with Crippen LogP contribution in [0.4, 0.5) is 14.7 Å². The molecule has 0 bridgehead atoms. The number of thioether (sulfide) groups is 1. The van der Waals surface area contributed by atoms with Crippen LogP contribution in [0.25, 0.3) is 0 Å². The molecule has 1 aromatic heterocycles. The number of carbonyl (C=O) groups excluding carboxylic acids is 2. The van der Waals surface area contributed by atoms with Gasteiger partial charge in [-0.3, -0.25) is 10.1 Å². The van der Waals surface area contributed by atoms with Gasteiger partial charge in [0.15, 0.2) is 5.13 Å². The molecule has 2 N–H and O–H groups in total. The van der Waals surface area contributed by atoms with Crippen molar-refractivity contribution in [3.63, 3.8) is 0 Å². The van der Waals surface area contributed by atoms with Gasteiger partial charge in [-0.2, -0.15) is 0 Å². The number of piperidine rings is 1. The van der Waals surface area contributed by atoms with E-state index < -0.39 is 5.97 Å². The van der Waals surface area contributed by atoms with E-state index in [1.807, 2.05) is 14.7 Å². The summed E-state index contributed by atoms with van der Waals surface area (Å²) < 4.78 is 6.24. The number of aromatic nitrogens is 1. The van der Waals surface area contributed by atoms with Gasteiger partial charge in [0, 0.05) is 44.0 Å². The maximum Gasteiger partial charge on any atom is 0.324 e. The molecule has 3 heterocycles. The number of hydrogen-bond acceptors (Lipinski definition) is 7. The molecule has 196 valence electrons. The second-order valence-corrected chi connectivity index (χ2v) is 11.2. The zero-order valence-corrected chi connectivity index (χ0v) is 22.2. The van der Waals surface area contributed by atoms with E-state index in [4.69, 9.17) is 9.84 Å². The third-order valence-corrected chi connectivity index (χ3v) is 8.50. The predicted octanol–water partition coefficient (Wildman–Crippen LogP) is 4.04. The molecule has 1 aromatic rings. The summed E-state index contributed by atoms with van der Waals surface area (Å²) in [5.74, 6) is -0.363. The molecule has 0 unspecified atom stereocenters. The van der Waals surface area contributed by atoms with Gasteiger partial charge in [0.05, 0.1) is 30.0 Å². The number of aliphatic carboxylic acids is 1. The number of carboxylic acid groups (broad SMARTS) is 1. The van der Waals surface area contributed by atoms with Gasteiger partial charge in [0.1, 0.15) is 0 Å². The first kappa shape index (κ1) is 27.5. The van der Waals surface area contributed by atoms with Gasteiger partial charge in [-0.05, 0) is 25.7 Å². The van der Waals surface area contributed by atoms with Crippen molar-refractivity contribution in [3.8, 4) is 0 Å². The van der Waals surface area contributed by atoms with E-state index >= 15 is 0 Å². The number of carbonyl (C=O) groups is 3. The molecule has 1 atom stereocenters. The predicted molar refractivity (Wildman–Crippen MR) is 137 cm³/mol. The molecule has 0 spiro atoms. The Hall–Kier alpha value is -2.05. The topological polar surface area (TPSA) is 115 Å². The van der Waals surface area contributed by atoms with E-state index in [9.17, 15) is 14.4 Å². The average molecular weight is 528 g/mol. The number of rotatable bonds is 10. The summed E-state index contributed by atoms with van der Waals surface area (Å²) in [6.07, 6.45) is 6.03. The van der Waals surface area contributed by atoms with Crippen molar-refractivity contribution in [1.29, 1.82) is 0 Å².